The average Bonchev–Trinajstić information content (AvgIpc) is 2.56. The Morgan fingerprint density at radius 1 is 1.10 bits per heavy atom. The van der Waals surface area contributed by atoms with Crippen LogP contribution in [0, 0.1) is 0 Å². The highest BCUT2D eigenvalue weighted by atomic mass is 16.2. The fraction of sp³-hybridized carbons (Fsp3) is 0.105. The summed E-state index contributed by atoms with van der Waals surface area (Å²) < 4.78 is 0. The Morgan fingerprint density at radius 3 is 2.33 bits per heavy atom. The Kier molecular flexibility index (Phi) is 4.72. The largest absolute Gasteiger partial charge is 0.309 e. The van der Waals surface area contributed by atoms with Gasteiger partial charge in [0.25, 0.3) is 0 Å². The number of benzene rings is 2. The normalized spacial score (nSPS) is 9.95. The Labute approximate surface area is 126 Å². The molecule has 0 saturated heterocycles. The van der Waals surface area contributed by atoms with Gasteiger partial charge in [0.05, 0.1) is 5.69 Å². The maximum atomic E-state index is 12.0. The first kappa shape index (κ1) is 14.8. The van der Waals surface area contributed by atoms with Gasteiger partial charge in [-0.15, -0.1) is 0 Å². The summed E-state index contributed by atoms with van der Waals surface area (Å²) in [5.41, 5.74) is 3.77. The number of amides is 1. The summed E-state index contributed by atoms with van der Waals surface area (Å²) in [6.07, 6.45) is 1.34. The second kappa shape index (κ2) is 6.71. The lowest BCUT2D eigenvalue weighted by Crippen LogP contribution is -2.29. The Balaban J connectivity index is 2.48. The van der Waals surface area contributed by atoms with Gasteiger partial charge in [-0.1, -0.05) is 61.7 Å². The minimum atomic E-state index is -0.106. The first-order valence-electron chi connectivity index (χ1n) is 6.96. The van der Waals surface area contributed by atoms with E-state index in [1.807, 2.05) is 61.5 Å². The van der Waals surface area contributed by atoms with Crippen molar-refractivity contribution >= 4 is 17.2 Å². The molecule has 2 heteroatoms. The van der Waals surface area contributed by atoms with Gasteiger partial charge in [0, 0.05) is 12.1 Å². The van der Waals surface area contributed by atoms with Crippen molar-refractivity contribution in [1.82, 2.24) is 0 Å². The van der Waals surface area contributed by atoms with Crippen LogP contribution in [0.2, 0.25) is 0 Å². The third-order valence-electron chi connectivity index (χ3n) is 3.40. The van der Waals surface area contributed by atoms with Crippen molar-refractivity contribution in [2.45, 2.75) is 6.92 Å². The predicted octanol–water partition coefficient (Wildman–Crippen LogP) is 4.29. The van der Waals surface area contributed by atoms with Crippen molar-refractivity contribution < 1.29 is 4.79 Å². The lowest BCUT2D eigenvalue weighted by molar-refractivity contribution is -0.114. The summed E-state index contributed by atoms with van der Waals surface area (Å²) >= 11 is 0. The van der Waals surface area contributed by atoms with Crippen molar-refractivity contribution in [3.63, 3.8) is 0 Å². The van der Waals surface area contributed by atoms with E-state index >= 15 is 0 Å². The van der Waals surface area contributed by atoms with Crippen LogP contribution < -0.4 is 4.90 Å². The van der Waals surface area contributed by atoms with Crippen LogP contribution in [0.25, 0.3) is 5.57 Å². The summed E-state index contributed by atoms with van der Waals surface area (Å²) in [7, 11) is 0. The van der Waals surface area contributed by atoms with Crippen LogP contribution in [-0.4, -0.2) is 12.5 Å². The van der Waals surface area contributed by atoms with E-state index in [-0.39, 0.29) is 5.91 Å². The van der Waals surface area contributed by atoms with Gasteiger partial charge in [-0.2, -0.15) is 0 Å². The van der Waals surface area contributed by atoms with Gasteiger partial charge < -0.3 is 4.90 Å². The van der Waals surface area contributed by atoms with Gasteiger partial charge in [-0.25, -0.2) is 0 Å². The molecule has 0 aliphatic heterocycles. The number of para-hydroxylation sites is 1. The monoisotopic (exact) mass is 277 g/mol. The van der Waals surface area contributed by atoms with E-state index in [0.717, 1.165) is 22.4 Å². The van der Waals surface area contributed by atoms with Crippen LogP contribution in [-0.2, 0) is 4.79 Å². The topological polar surface area (TPSA) is 20.3 Å². The number of likely N-dealkylation sites (N-methyl/N-ethyl adjacent to an activating group) is 1. The van der Waals surface area contributed by atoms with Crippen molar-refractivity contribution in [3.05, 3.63) is 85.0 Å². The van der Waals surface area contributed by atoms with Crippen LogP contribution in [0.5, 0.6) is 0 Å². The molecule has 0 aromatic heterocycles. The summed E-state index contributed by atoms with van der Waals surface area (Å²) in [6, 6.07) is 17.8. The van der Waals surface area contributed by atoms with Crippen molar-refractivity contribution in [3.8, 4) is 0 Å². The minimum absolute atomic E-state index is 0.106. The summed E-state index contributed by atoms with van der Waals surface area (Å²) in [5, 5.41) is 0. The maximum absolute atomic E-state index is 12.0. The first-order chi connectivity index (χ1) is 10.2. The molecule has 2 aromatic rings. The average molecular weight is 277 g/mol. The molecule has 0 radical (unpaired) electrons. The summed E-state index contributed by atoms with van der Waals surface area (Å²) in [6.45, 7) is 10.3. The first-order valence-corrected chi connectivity index (χ1v) is 6.96. The number of rotatable bonds is 5. The van der Waals surface area contributed by atoms with E-state index in [9.17, 15) is 4.79 Å². The zero-order valence-electron chi connectivity index (χ0n) is 12.3. The van der Waals surface area contributed by atoms with Crippen molar-refractivity contribution in [1.29, 1.82) is 0 Å². The molecule has 0 saturated carbocycles. The van der Waals surface area contributed by atoms with Gasteiger partial charge >= 0.3 is 0 Å². The summed E-state index contributed by atoms with van der Waals surface area (Å²) in [4.78, 5) is 13.7. The molecule has 21 heavy (non-hydrogen) atoms. The standard InChI is InChI=1S/C19H19NO/c1-4-19(21)20(5-2)18-14-10-9-13-17(18)15(3)16-11-7-6-8-12-16/h4,6-14H,1,3,5H2,2H3. The number of carbonyl (C=O) groups excluding carboxylic acids is 1. The fourth-order valence-corrected chi connectivity index (χ4v) is 2.31. The molecule has 0 fully saturated rings. The van der Waals surface area contributed by atoms with Crippen LogP contribution in [0.3, 0.4) is 0 Å². The second-order valence-electron chi connectivity index (χ2n) is 4.65. The van der Waals surface area contributed by atoms with Crippen molar-refractivity contribution in [2.75, 3.05) is 11.4 Å². The van der Waals surface area contributed by atoms with Gasteiger partial charge in [0.15, 0.2) is 0 Å². The molecule has 1 amide bonds. The molecule has 0 unspecified atom stereocenters. The molecule has 0 atom stereocenters. The number of nitrogens with zero attached hydrogens (tertiary/aromatic N) is 1. The Morgan fingerprint density at radius 2 is 1.71 bits per heavy atom. The van der Waals surface area contributed by atoms with Crippen molar-refractivity contribution in [2.24, 2.45) is 0 Å². The van der Waals surface area contributed by atoms with Crippen LogP contribution in [0.15, 0.2) is 73.8 Å². The van der Waals surface area contributed by atoms with Gasteiger partial charge in [0.1, 0.15) is 0 Å². The molecule has 0 spiro atoms. The SMILES string of the molecule is C=CC(=O)N(CC)c1ccccc1C(=C)c1ccccc1. The van der Waals surface area contributed by atoms with E-state index < -0.39 is 0 Å². The summed E-state index contributed by atoms with van der Waals surface area (Å²) in [5.74, 6) is -0.106. The molecule has 0 aliphatic rings. The highest BCUT2D eigenvalue weighted by molar-refractivity contribution is 6.03. The molecule has 106 valence electrons. The maximum Gasteiger partial charge on any atom is 0.250 e. The molecule has 2 rings (SSSR count). The van der Waals surface area contributed by atoms with E-state index in [0.29, 0.717) is 6.54 Å². The third-order valence-corrected chi connectivity index (χ3v) is 3.40. The molecule has 2 aromatic carbocycles. The molecular weight excluding hydrogens is 258 g/mol. The van der Waals surface area contributed by atoms with Gasteiger partial charge in [-0.3, -0.25) is 4.79 Å². The molecule has 0 bridgehead atoms. The van der Waals surface area contributed by atoms with E-state index in [4.69, 9.17) is 0 Å². The quantitative estimate of drug-likeness (QED) is 0.747. The van der Waals surface area contributed by atoms with E-state index in [1.165, 1.54) is 6.08 Å². The van der Waals surface area contributed by atoms with Crippen LogP contribution in [0.4, 0.5) is 5.69 Å². The smallest absolute Gasteiger partial charge is 0.250 e. The number of anilines is 1. The second-order valence-corrected chi connectivity index (χ2v) is 4.65. The van der Waals surface area contributed by atoms with E-state index in [2.05, 4.69) is 13.2 Å². The Hall–Kier alpha value is -2.61. The zero-order chi connectivity index (χ0) is 15.2. The van der Waals surface area contributed by atoms with Gasteiger partial charge in [-0.05, 0) is 30.2 Å². The Bertz CT molecular complexity index is 658. The van der Waals surface area contributed by atoms with Gasteiger partial charge in [0.2, 0.25) is 5.91 Å². The predicted molar refractivity (Wildman–Crippen MR) is 89.2 cm³/mol. The molecule has 0 heterocycles. The third kappa shape index (κ3) is 3.11. The lowest BCUT2D eigenvalue weighted by Gasteiger charge is -2.23. The highest BCUT2D eigenvalue weighted by Crippen LogP contribution is 2.30. The van der Waals surface area contributed by atoms with E-state index in [1.54, 1.807) is 4.90 Å². The molecule has 2 nitrogen and oxygen atoms in total. The molecular formula is C19H19NO. The van der Waals surface area contributed by atoms with Crippen LogP contribution in [0.1, 0.15) is 18.1 Å². The highest BCUT2D eigenvalue weighted by Gasteiger charge is 2.16. The number of hydrogen-bond donors (Lipinski definition) is 0. The fourth-order valence-electron chi connectivity index (χ4n) is 2.31. The molecule has 0 N–H and O–H groups in total. The number of hydrogen-bond acceptors (Lipinski definition) is 1. The minimum Gasteiger partial charge on any atom is -0.309 e. The van der Waals surface area contributed by atoms with Crippen LogP contribution >= 0.6 is 0 Å². The number of carbonyl (C=O) groups is 1. The lowest BCUT2D eigenvalue weighted by atomic mass is 9.97. The zero-order valence-corrected chi connectivity index (χ0v) is 12.3. The molecule has 0 aliphatic carbocycles.